The van der Waals surface area contributed by atoms with Gasteiger partial charge in [0.25, 0.3) is 0 Å². The molecule has 5 heteroatoms. The highest BCUT2D eigenvalue weighted by atomic mass is 28.3. The molecule has 4 nitrogen and oxygen atoms in total. The minimum absolute atomic E-state index is 0.659. The van der Waals surface area contributed by atoms with Crippen LogP contribution in [0.25, 0.3) is 72.2 Å². The fourth-order valence-electron chi connectivity index (χ4n) is 8.69. The van der Waals surface area contributed by atoms with Crippen molar-refractivity contribution < 1.29 is 4.42 Å². The predicted octanol–water partition coefficient (Wildman–Crippen LogP) is 8.50. The van der Waals surface area contributed by atoms with Crippen LogP contribution in [0.5, 0.6) is 0 Å². The van der Waals surface area contributed by atoms with Gasteiger partial charge in [0.15, 0.2) is 8.07 Å². The predicted molar refractivity (Wildman–Crippen MR) is 212 cm³/mol. The van der Waals surface area contributed by atoms with Crippen molar-refractivity contribution in [3.05, 3.63) is 176 Å². The lowest BCUT2D eigenvalue weighted by Gasteiger charge is -2.32. The van der Waals surface area contributed by atoms with E-state index < -0.39 is 8.07 Å². The van der Waals surface area contributed by atoms with Crippen molar-refractivity contribution in [1.82, 2.24) is 14.5 Å². The summed E-state index contributed by atoms with van der Waals surface area (Å²) in [6, 6.07) is 62.9. The van der Waals surface area contributed by atoms with E-state index in [1.54, 1.807) is 0 Å². The summed E-state index contributed by atoms with van der Waals surface area (Å²) >= 11 is 0. The number of para-hydroxylation sites is 2. The van der Waals surface area contributed by atoms with Crippen LogP contribution < -0.4 is 20.7 Å². The molecule has 0 saturated heterocycles. The van der Waals surface area contributed by atoms with Gasteiger partial charge in [0.1, 0.15) is 11.2 Å². The number of furan rings is 1. The van der Waals surface area contributed by atoms with E-state index in [-0.39, 0.29) is 0 Å². The molecule has 0 saturated carbocycles. The fraction of sp³-hybridized carbons (Fsp3) is 0. The van der Waals surface area contributed by atoms with Crippen molar-refractivity contribution in [3.8, 4) is 28.5 Å². The van der Waals surface area contributed by atoms with Crippen molar-refractivity contribution >= 4 is 72.6 Å². The molecule has 0 bridgehead atoms. The minimum Gasteiger partial charge on any atom is -0.456 e. The van der Waals surface area contributed by atoms with Crippen molar-refractivity contribution in [1.29, 1.82) is 0 Å². The normalized spacial score (nSPS) is 13.3. The summed E-state index contributed by atoms with van der Waals surface area (Å²) in [6.45, 7) is 0. The van der Waals surface area contributed by atoms with E-state index in [0.29, 0.717) is 5.95 Å². The van der Waals surface area contributed by atoms with Crippen LogP contribution in [0, 0.1) is 0 Å². The highest BCUT2D eigenvalue weighted by Crippen LogP contribution is 2.41. The van der Waals surface area contributed by atoms with Gasteiger partial charge in [-0.25, -0.2) is 9.97 Å². The Bertz CT molecular complexity index is 2930. The van der Waals surface area contributed by atoms with E-state index in [2.05, 4.69) is 168 Å². The smallest absolute Gasteiger partial charge is 0.235 e. The Hall–Kier alpha value is -6.56. The summed E-state index contributed by atoms with van der Waals surface area (Å²) in [5.74, 6) is 0.659. The highest BCUT2D eigenvalue weighted by molar-refractivity contribution is 7.22. The topological polar surface area (TPSA) is 43.9 Å². The highest BCUT2D eigenvalue weighted by Gasteiger charge is 2.51. The van der Waals surface area contributed by atoms with Gasteiger partial charge in [-0.1, -0.05) is 152 Å². The maximum absolute atomic E-state index is 6.37. The summed E-state index contributed by atoms with van der Waals surface area (Å²) in [4.78, 5) is 11.3. The molecule has 51 heavy (non-hydrogen) atoms. The second-order valence-corrected chi connectivity index (χ2v) is 17.0. The van der Waals surface area contributed by atoms with Gasteiger partial charge in [0, 0.05) is 37.9 Å². The van der Waals surface area contributed by atoms with Crippen LogP contribution in [-0.4, -0.2) is 22.6 Å². The molecule has 0 radical (unpaired) electrons. The van der Waals surface area contributed by atoms with Crippen LogP contribution in [0.2, 0.25) is 0 Å². The SMILES string of the molecule is c1ccc(-c2nc(-n3c4ccccc4c4c5c(ccc43)oc3ccccc35)nc3c2[Si](c2ccccc2)(c2ccccc2)c2ccccc2-3)cc1. The molecule has 7 aromatic carbocycles. The standard InChI is InChI=1S/C46H29N3OSi/c1-4-16-30(17-5-1)43-45-44(35-24-12-15-27-40(35)51(45,31-18-6-2-7-19-31)32-20-8-3-9-21-32)48-46(47-43)49-36-25-13-10-22-33(36)41-37(49)28-29-39-42(41)34-23-11-14-26-38(34)50-39/h1-29H. The average Bonchev–Trinajstić information content (AvgIpc) is 3.85. The molecule has 11 rings (SSSR count). The molecular weight excluding hydrogens is 639 g/mol. The second kappa shape index (κ2) is 10.7. The summed E-state index contributed by atoms with van der Waals surface area (Å²) in [5.41, 5.74) is 8.12. The third kappa shape index (κ3) is 3.84. The monoisotopic (exact) mass is 667 g/mol. The lowest BCUT2D eigenvalue weighted by atomic mass is 10.1. The fourth-order valence-corrected chi connectivity index (χ4v) is 13.9. The molecule has 238 valence electrons. The minimum atomic E-state index is -2.87. The number of fused-ring (bicyclic) bond motifs is 10. The average molecular weight is 668 g/mol. The Morgan fingerprint density at radius 2 is 1.06 bits per heavy atom. The van der Waals surface area contributed by atoms with E-state index in [0.717, 1.165) is 60.7 Å². The Labute approximate surface area is 294 Å². The molecule has 1 aliphatic rings. The number of aromatic nitrogens is 3. The molecule has 1 aliphatic heterocycles. The van der Waals surface area contributed by atoms with Crippen LogP contribution in [0.3, 0.4) is 0 Å². The van der Waals surface area contributed by atoms with Gasteiger partial charge >= 0.3 is 0 Å². The molecule has 0 unspecified atom stereocenters. The first kappa shape index (κ1) is 28.3. The van der Waals surface area contributed by atoms with Gasteiger partial charge in [0.2, 0.25) is 5.95 Å². The molecular formula is C46H29N3OSi. The summed E-state index contributed by atoms with van der Waals surface area (Å²) in [5, 5.41) is 9.74. The van der Waals surface area contributed by atoms with Gasteiger partial charge in [-0.15, -0.1) is 0 Å². The largest absolute Gasteiger partial charge is 0.456 e. The van der Waals surface area contributed by atoms with E-state index in [4.69, 9.17) is 14.4 Å². The zero-order valence-corrected chi connectivity index (χ0v) is 28.5. The lowest BCUT2D eigenvalue weighted by molar-refractivity contribution is 0.669. The van der Waals surface area contributed by atoms with Gasteiger partial charge in [0.05, 0.1) is 22.4 Å². The third-order valence-corrected chi connectivity index (χ3v) is 15.6. The quantitative estimate of drug-likeness (QED) is 0.177. The molecule has 0 fully saturated rings. The zero-order chi connectivity index (χ0) is 33.5. The molecule has 0 atom stereocenters. The molecule has 3 aromatic heterocycles. The van der Waals surface area contributed by atoms with E-state index in [9.17, 15) is 0 Å². The Kier molecular flexibility index (Phi) is 5.95. The first-order chi connectivity index (χ1) is 25.3. The third-order valence-electron chi connectivity index (χ3n) is 10.7. The molecule has 0 aliphatic carbocycles. The van der Waals surface area contributed by atoms with Gasteiger partial charge < -0.3 is 4.42 Å². The molecule has 0 amide bonds. The molecule has 0 spiro atoms. The van der Waals surface area contributed by atoms with Crippen LogP contribution >= 0.6 is 0 Å². The number of hydrogen-bond acceptors (Lipinski definition) is 3. The van der Waals surface area contributed by atoms with Gasteiger partial charge in [-0.3, -0.25) is 4.57 Å². The van der Waals surface area contributed by atoms with Crippen LogP contribution in [0.4, 0.5) is 0 Å². The van der Waals surface area contributed by atoms with Gasteiger partial charge in [-0.05, 0) is 39.8 Å². The Morgan fingerprint density at radius 3 is 1.82 bits per heavy atom. The van der Waals surface area contributed by atoms with Crippen molar-refractivity contribution in [2.45, 2.75) is 0 Å². The van der Waals surface area contributed by atoms with E-state index in [1.807, 2.05) is 12.1 Å². The molecule has 4 heterocycles. The van der Waals surface area contributed by atoms with E-state index in [1.165, 1.54) is 26.3 Å². The Morgan fingerprint density at radius 1 is 0.451 bits per heavy atom. The first-order valence-electron chi connectivity index (χ1n) is 17.3. The number of hydrogen-bond donors (Lipinski definition) is 0. The van der Waals surface area contributed by atoms with Crippen molar-refractivity contribution in [3.63, 3.8) is 0 Å². The van der Waals surface area contributed by atoms with Crippen LogP contribution in [0.15, 0.2) is 180 Å². The Balaban J connectivity index is 1.32. The number of benzene rings is 7. The van der Waals surface area contributed by atoms with Crippen molar-refractivity contribution in [2.24, 2.45) is 0 Å². The van der Waals surface area contributed by atoms with E-state index >= 15 is 0 Å². The molecule has 0 N–H and O–H groups in total. The van der Waals surface area contributed by atoms with Gasteiger partial charge in [-0.2, -0.15) is 0 Å². The van der Waals surface area contributed by atoms with Crippen LogP contribution in [-0.2, 0) is 0 Å². The lowest BCUT2D eigenvalue weighted by Crippen LogP contribution is -2.73. The zero-order valence-electron chi connectivity index (χ0n) is 27.5. The maximum atomic E-state index is 6.37. The summed E-state index contributed by atoms with van der Waals surface area (Å²) in [6.07, 6.45) is 0. The summed E-state index contributed by atoms with van der Waals surface area (Å²) < 4.78 is 8.63. The number of nitrogens with zero attached hydrogens (tertiary/aromatic N) is 3. The van der Waals surface area contributed by atoms with Crippen LogP contribution in [0.1, 0.15) is 0 Å². The molecule has 10 aromatic rings. The maximum Gasteiger partial charge on any atom is 0.235 e. The summed E-state index contributed by atoms with van der Waals surface area (Å²) in [7, 11) is -2.87. The second-order valence-electron chi connectivity index (χ2n) is 13.3. The number of rotatable bonds is 4. The first-order valence-corrected chi connectivity index (χ1v) is 19.3. The van der Waals surface area contributed by atoms with Crippen molar-refractivity contribution in [2.75, 3.05) is 0 Å².